The highest BCUT2D eigenvalue weighted by Gasteiger charge is 2.71. The van der Waals surface area contributed by atoms with Crippen molar-refractivity contribution >= 4 is 17.6 Å². The van der Waals surface area contributed by atoms with Crippen LogP contribution in [-0.4, -0.2) is 39.2 Å². The molecule has 0 saturated heterocycles. The average Bonchev–Trinajstić information content (AvgIpc) is 2.97. The van der Waals surface area contributed by atoms with Gasteiger partial charge in [0, 0.05) is 23.9 Å². The van der Waals surface area contributed by atoms with Crippen LogP contribution in [0.25, 0.3) is 0 Å². The number of carbonyl (C=O) groups excluding carboxylic acids is 3. The van der Waals surface area contributed by atoms with E-state index >= 15 is 0 Å². The third-order valence-electron chi connectivity index (χ3n) is 6.28. The van der Waals surface area contributed by atoms with Gasteiger partial charge in [0.25, 0.3) is 11.8 Å². The SMILES string of the molecule is Cc1ccccc1C(=O)N[C@@]1(C(F)(F)F)C(=O)N(Cc2ccccn2)C2=C1C(=O)CC(C)(C)C2. The van der Waals surface area contributed by atoms with E-state index in [0.29, 0.717) is 11.3 Å². The second-order valence-corrected chi connectivity index (χ2v) is 9.49. The second kappa shape index (κ2) is 8.07. The maximum atomic E-state index is 14.8. The highest BCUT2D eigenvalue weighted by Crippen LogP contribution is 2.52. The van der Waals surface area contributed by atoms with E-state index in [1.165, 1.54) is 18.3 Å². The van der Waals surface area contributed by atoms with Crippen molar-refractivity contribution in [2.75, 3.05) is 0 Å². The molecule has 1 aliphatic carbocycles. The number of nitrogens with one attached hydrogen (secondary N) is 1. The molecule has 9 heteroatoms. The molecule has 0 spiro atoms. The number of amides is 2. The van der Waals surface area contributed by atoms with Crippen LogP contribution in [0, 0.1) is 12.3 Å². The Bertz CT molecular complexity index is 1200. The summed E-state index contributed by atoms with van der Waals surface area (Å²) in [5.41, 5.74) is -4.03. The summed E-state index contributed by atoms with van der Waals surface area (Å²) in [5.74, 6) is -3.28. The number of aryl methyl sites for hydroxylation is 1. The third kappa shape index (κ3) is 3.78. The van der Waals surface area contributed by atoms with Crippen molar-refractivity contribution in [1.29, 1.82) is 0 Å². The Labute approximate surface area is 194 Å². The molecule has 6 nitrogen and oxygen atoms in total. The van der Waals surface area contributed by atoms with Crippen LogP contribution in [0.1, 0.15) is 48.3 Å². The summed E-state index contributed by atoms with van der Waals surface area (Å²) in [6.07, 6.45) is -3.88. The zero-order valence-electron chi connectivity index (χ0n) is 19.0. The van der Waals surface area contributed by atoms with Crippen molar-refractivity contribution in [3.05, 3.63) is 76.8 Å². The average molecular weight is 471 g/mol. The number of aromatic nitrogens is 1. The first kappa shape index (κ1) is 23.7. The summed E-state index contributed by atoms with van der Waals surface area (Å²) < 4.78 is 44.5. The third-order valence-corrected chi connectivity index (χ3v) is 6.28. The standard InChI is InChI=1S/C25H24F3N3O3/c1-15-8-4-5-10-17(15)21(33)30-24(25(26,27)28)20-18(12-23(2,3)13-19(20)32)31(22(24)34)14-16-9-6-7-11-29-16/h4-11H,12-14H2,1-3H3,(H,30,33)/t24-/m1/s1. The lowest BCUT2D eigenvalue weighted by atomic mass is 9.72. The Hall–Kier alpha value is -3.49. The zero-order chi connectivity index (χ0) is 24.9. The monoisotopic (exact) mass is 471 g/mol. The van der Waals surface area contributed by atoms with E-state index in [4.69, 9.17) is 0 Å². The van der Waals surface area contributed by atoms with Crippen LogP contribution in [0.5, 0.6) is 0 Å². The Morgan fingerprint density at radius 3 is 2.38 bits per heavy atom. The number of halogens is 3. The van der Waals surface area contributed by atoms with Crippen molar-refractivity contribution in [3.8, 4) is 0 Å². The van der Waals surface area contributed by atoms with E-state index in [1.54, 1.807) is 51.1 Å². The van der Waals surface area contributed by atoms with Gasteiger partial charge in [0.05, 0.1) is 17.8 Å². The van der Waals surface area contributed by atoms with E-state index in [0.717, 1.165) is 4.90 Å². The summed E-state index contributed by atoms with van der Waals surface area (Å²) in [5, 5.41) is 1.96. The molecule has 2 aliphatic rings. The molecule has 4 rings (SSSR count). The smallest absolute Gasteiger partial charge is 0.326 e. The molecule has 178 valence electrons. The van der Waals surface area contributed by atoms with Crippen LogP contribution in [0.3, 0.4) is 0 Å². The molecule has 1 atom stereocenters. The number of hydrogen-bond acceptors (Lipinski definition) is 4. The normalized spacial score (nSPS) is 22.1. The second-order valence-electron chi connectivity index (χ2n) is 9.49. The van der Waals surface area contributed by atoms with Gasteiger partial charge in [-0.2, -0.15) is 13.2 Å². The Kier molecular flexibility index (Phi) is 5.62. The molecule has 1 N–H and O–H groups in total. The molecular weight excluding hydrogens is 447 g/mol. The number of Topliss-reactive ketones (excluding diaryl/α,β-unsaturated/α-hetero) is 1. The number of pyridine rings is 1. The molecule has 0 bridgehead atoms. The predicted molar refractivity (Wildman–Crippen MR) is 117 cm³/mol. The number of benzene rings is 1. The Balaban J connectivity index is 1.89. The molecule has 2 amide bonds. The topological polar surface area (TPSA) is 79.4 Å². The first-order valence-corrected chi connectivity index (χ1v) is 10.8. The van der Waals surface area contributed by atoms with E-state index in [2.05, 4.69) is 4.98 Å². The zero-order valence-corrected chi connectivity index (χ0v) is 19.0. The van der Waals surface area contributed by atoms with Gasteiger partial charge in [-0.05, 0) is 42.5 Å². The highest BCUT2D eigenvalue weighted by molar-refractivity contribution is 6.14. The Morgan fingerprint density at radius 1 is 1.09 bits per heavy atom. The summed E-state index contributed by atoms with van der Waals surface area (Å²) in [6, 6.07) is 11.0. The fraction of sp³-hybridized carbons (Fsp3) is 0.360. The largest absolute Gasteiger partial charge is 0.425 e. The van der Waals surface area contributed by atoms with Crippen LogP contribution in [0.2, 0.25) is 0 Å². The number of ketones is 1. The van der Waals surface area contributed by atoms with Gasteiger partial charge < -0.3 is 10.2 Å². The Morgan fingerprint density at radius 2 is 1.76 bits per heavy atom. The number of alkyl halides is 3. The molecule has 1 aromatic carbocycles. The molecule has 2 aromatic rings. The fourth-order valence-corrected chi connectivity index (χ4v) is 4.71. The van der Waals surface area contributed by atoms with Crippen molar-refractivity contribution < 1.29 is 27.6 Å². The van der Waals surface area contributed by atoms with Crippen LogP contribution >= 0.6 is 0 Å². The minimum Gasteiger partial charge on any atom is -0.326 e. The number of nitrogens with zero attached hydrogens (tertiary/aromatic N) is 2. The molecular formula is C25H24F3N3O3. The summed E-state index contributed by atoms with van der Waals surface area (Å²) in [6.45, 7) is 4.85. The van der Waals surface area contributed by atoms with Crippen molar-refractivity contribution in [1.82, 2.24) is 15.2 Å². The molecule has 0 unspecified atom stereocenters. The molecule has 34 heavy (non-hydrogen) atoms. The molecule has 2 heterocycles. The maximum Gasteiger partial charge on any atom is 0.425 e. The van der Waals surface area contributed by atoms with E-state index in [9.17, 15) is 27.6 Å². The first-order chi connectivity index (χ1) is 15.9. The van der Waals surface area contributed by atoms with E-state index in [1.807, 2.05) is 5.32 Å². The number of hydrogen-bond donors (Lipinski definition) is 1. The first-order valence-electron chi connectivity index (χ1n) is 10.8. The van der Waals surface area contributed by atoms with Crippen molar-refractivity contribution in [3.63, 3.8) is 0 Å². The van der Waals surface area contributed by atoms with Gasteiger partial charge in [-0.15, -0.1) is 0 Å². The molecule has 1 aliphatic heterocycles. The van der Waals surface area contributed by atoms with Crippen molar-refractivity contribution in [2.24, 2.45) is 5.41 Å². The lowest BCUT2D eigenvalue weighted by molar-refractivity contribution is -0.190. The summed E-state index contributed by atoms with van der Waals surface area (Å²) in [4.78, 5) is 45.0. The molecule has 1 aromatic heterocycles. The summed E-state index contributed by atoms with van der Waals surface area (Å²) in [7, 11) is 0. The molecule has 0 radical (unpaired) electrons. The predicted octanol–water partition coefficient (Wildman–Crippen LogP) is 4.11. The van der Waals surface area contributed by atoms with Crippen LogP contribution in [0.15, 0.2) is 59.9 Å². The lowest BCUT2D eigenvalue weighted by Gasteiger charge is -2.35. The number of rotatable bonds is 4. The van der Waals surface area contributed by atoms with Gasteiger partial charge in [0.15, 0.2) is 5.78 Å². The van der Waals surface area contributed by atoms with Crippen LogP contribution in [-0.2, 0) is 16.1 Å². The molecule has 0 saturated carbocycles. The van der Waals surface area contributed by atoms with Crippen molar-refractivity contribution in [2.45, 2.75) is 51.9 Å². The molecule has 0 fully saturated rings. The van der Waals surface area contributed by atoms with E-state index in [-0.39, 0.29) is 30.6 Å². The van der Waals surface area contributed by atoms with Crippen LogP contribution in [0.4, 0.5) is 13.2 Å². The quantitative estimate of drug-likeness (QED) is 0.728. The summed E-state index contributed by atoms with van der Waals surface area (Å²) >= 11 is 0. The van der Waals surface area contributed by atoms with Gasteiger partial charge in [-0.25, -0.2) is 0 Å². The maximum absolute atomic E-state index is 14.8. The number of allylic oxidation sites excluding steroid dienone is 1. The number of carbonyl (C=O) groups is 3. The van der Waals surface area contributed by atoms with Gasteiger partial charge in [-0.1, -0.05) is 38.1 Å². The lowest BCUT2D eigenvalue weighted by Crippen LogP contribution is -2.66. The van der Waals surface area contributed by atoms with E-state index < -0.39 is 40.3 Å². The van der Waals surface area contributed by atoms with Gasteiger partial charge in [-0.3, -0.25) is 19.4 Å². The fourth-order valence-electron chi connectivity index (χ4n) is 4.71. The van der Waals surface area contributed by atoms with Gasteiger partial charge in [0.1, 0.15) is 0 Å². The van der Waals surface area contributed by atoms with Gasteiger partial charge in [0.2, 0.25) is 5.54 Å². The highest BCUT2D eigenvalue weighted by atomic mass is 19.4. The minimum atomic E-state index is -5.25. The van der Waals surface area contributed by atoms with Gasteiger partial charge >= 0.3 is 6.18 Å². The van der Waals surface area contributed by atoms with Crippen LogP contribution < -0.4 is 5.32 Å². The minimum absolute atomic E-state index is 0.00663.